The second-order valence-corrected chi connectivity index (χ2v) is 7.99. The van der Waals surface area contributed by atoms with E-state index in [0.29, 0.717) is 0 Å². The Kier molecular flexibility index (Phi) is 4.78. The van der Waals surface area contributed by atoms with Crippen LogP contribution < -0.4 is 0 Å². The Morgan fingerprint density at radius 1 is 1.14 bits per heavy atom. The molecule has 0 saturated heterocycles. The third kappa shape index (κ3) is 2.96. The Balaban J connectivity index is 1.88. The monoisotopic (exact) mass is 280 g/mol. The molecule has 0 amide bonds. The van der Waals surface area contributed by atoms with Crippen LogP contribution in [0.25, 0.3) is 0 Å². The van der Waals surface area contributed by atoms with E-state index in [4.69, 9.17) is 5.11 Å². The van der Waals surface area contributed by atoms with Gasteiger partial charge in [0.05, 0.1) is 19.3 Å². The van der Waals surface area contributed by atoms with Gasteiger partial charge >= 0.3 is 0 Å². The average molecular weight is 280 g/mol. The minimum Gasteiger partial charge on any atom is -0.396 e. The van der Waals surface area contributed by atoms with Gasteiger partial charge in [0.15, 0.2) is 0 Å². The summed E-state index contributed by atoms with van der Waals surface area (Å²) >= 11 is 8.93. The van der Waals surface area contributed by atoms with Crippen LogP contribution in [-0.4, -0.2) is 17.5 Å². The second kappa shape index (κ2) is 5.86. The molecule has 1 N–H and O–H groups in total. The molecular formula is C8H8OS5. The van der Waals surface area contributed by atoms with Gasteiger partial charge in [-0.2, -0.15) is 0 Å². The molecular weight excluding hydrogens is 272 g/mol. The Morgan fingerprint density at radius 2 is 1.93 bits per heavy atom. The van der Waals surface area contributed by atoms with Gasteiger partial charge in [0.1, 0.15) is 0 Å². The molecule has 2 heterocycles. The van der Waals surface area contributed by atoms with E-state index < -0.39 is 0 Å². The van der Waals surface area contributed by atoms with Crippen molar-refractivity contribution in [2.45, 2.75) is 0 Å². The fraction of sp³-hybridized carbons (Fsp3) is 0.250. The van der Waals surface area contributed by atoms with Crippen LogP contribution in [0.3, 0.4) is 0 Å². The van der Waals surface area contributed by atoms with Gasteiger partial charge in [0.2, 0.25) is 0 Å². The Morgan fingerprint density at radius 3 is 2.64 bits per heavy atom. The predicted octanol–water partition coefficient (Wildman–Crippen LogP) is 4.07. The van der Waals surface area contributed by atoms with Crippen LogP contribution in [0.2, 0.25) is 0 Å². The van der Waals surface area contributed by atoms with Gasteiger partial charge in [-0.25, -0.2) is 0 Å². The quantitative estimate of drug-likeness (QED) is 0.835. The van der Waals surface area contributed by atoms with Gasteiger partial charge in [-0.3, -0.25) is 0 Å². The Labute approximate surface area is 105 Å². The van der Waals surface area contributed by atoms with Gasteiger partial charge in [0.25, 0.3) is 0 Å². The van der Waals surface area contributed by atoms with E-state index in [2.05, 4.69) is 16.2 Å². The number of rotatable bonds is 3. The molecule has 2 aliphatic heterocycles. The van der Waals surface area contributed by atoms with Crippen molar-refractivity contribution < 1.29 is 5.11 Å². The van der Waals surface area contributed by atoms with Crippen LogP contribution in [0, 0.1) is 0 Å². The van der Waals surface area contributed by atoms with Crippen molar-refractivity contribution in [3.05, 3.63) is 28.9 Å². The zero-order valence-corrected chi connectivity index (χ0v) is 11.2. The summed E-state index contributed by atoms with van der Waals surface area (Å²) in [6.45, 7) is 0.254. The van der Waals surface area contributed by atoms with Crippen LogP contribution in [0.15, 0.2) is 28.9 Å². The zero-order chi connectivity index (χ0) is 9.80. The molecule has 0 aromatic heterocycles. The standard InChI is InChI=1S/C8H8OS5/c9-1-2-10-6-5-13-8(14-6)7-11-3-4-12-7/h3-5,9H,1-2H2. The smallest absolute Gasteiger partial charge is 0.0705 e. The molecule has 6 heteroatoms. The maximum absolute atomic E-state index is 8.71. The van der Waals surface area contributed by atoms with E-state index in [-0.39, 0.29) is 6.61 Å². The molecule has 0 spiro atoms. The van der Waals surface area contributed by atoms with Crippen molar-refractivity contribution in [1.29, 1.82) is 0 Å². The minimum atomic E-state index is 0.254. The molecule has 14 heavy (non-hydrogen) atoms. The Bertz CT molecular complexity index is 297. The lowest BCUT2D eigenvalue weighted by Crippen LogP contribution is -1.83. The van der Waals surface area contributed by atoms with E-state index in [9.17, 15) is 0 Å². The maximum Gasteiger partial charge on any atom is 0.0705 e. The highest BCUT2D eigenvalue weighted by Crippen LogP contribution is 2.55. The summed E-state index contributed by atoms with van der Waals surface area (Å²) in [6.07, 6.45) is 0. The molecule has 1 nitrogen and oxygen atoms in total. The van der Waals surface area contributed by atoms with Crippen LogP contribution in [-0.2, 0) is 0 Å². The molecule has 0 bridgehead atoms. The summed E-state index contributed by atoms with van der Waals surface area (Å²) in [5.74, 6) is 0.792. The first-order chi connectivity index (χ1) is 6.90. The van der Waals surface area contributed by atoms with Crippen molar-refractivity contribution in [3.8, 4) is 0 Å². The molecule has 2 rings (SSSR count). The van der Waals surface area contributed by atoms with Gasteiger partial charge in [-0.05, 0) is 16.2 Å². The number of thioether (sulfide) groups is 5. The van der Waals surface area contributed by atoms with Gasteiger partial charge in [-0.1, -0.05) is 47.0 Å². The highest BCUT2D eigenvalue weighted by atomic mass is 32.2. The van der Waals surface area contributed by atoms with Gasteiger partial charge in [-0.15, -0.1) is 11.8 Å². The molecule has 0 aliphatic carbocycles. The van der Waals surface area contributed by atoms with E-state index in [1.165, 1.54) is 12.7 Å². The van der Waals surface area contributed by atoms with Crippen molar-refractivity contribution in [1.82, 2.24) is 0 Å². The van der Waals surface area contributed by atoms with Crippen molar-refractivity contribution in [3.63, 3.8) is 0 Å². The van der Waals surface area contributed by atoms with Crippen LogP contribution in [0.1, 0.15) is 0 Å². The second-order valence-electron chi connectivity index (χ2n) is 2.31. The van der Waals surface area contributed by atoms with Crippen molar-refractivity contribution in [2.24, 2.45) is 0 Å². The zero-order valence-electron chi connectivity index (χ0n) is 7.13. The molecule has 0 radical (unpaired) electrons. The molecule has 0 aromatic carbocycles. The summed E-state index contributed by atoms with van der Waals surface area (Å²) in [5.41, 5.74) is 0. The third-order valence-corrected chi connectivity index (χ3v) is 7.72. The minimum absolute atomic E-state index is 0.254. The van der Waals surface area contributed by atoms with Crippen LogP contribution >= 0.6 is 58.8 Å². The summed E-state index contributed by atoms with van der Waals surface area (Å²) in [6, 6.07) is 0. The topological polar surface area (TPSA) is 20.2 Å². The average Bonchev–Trinajstić information content (AvgIpc) is 2.85. The molecule has 0 atom stereocenters. The largest absolute Gasteiger partial charge is 0.396 e. The van der Waals surface area contributed by atoms with Crippen LogP contribution in [0.5, 0.6) is 0 Å². The predicted molar refractivity (Wildman–Crippen MR) is 74.2 cm³/mol. The first kappa shape index (κ1) is 11.4. The van der Waals surface area contributed by atoms with Gasteiger partial charge in [0, 0.05) is 5.75 Å². The molecule has 76 valence electrons. The van der Waals surface area contributed by atoms with E-state index in [0.717, 1.165) is 5.75 Å². The highest BCUT2D eigenvalue weighted by Gasteiger charge is 2.18. The fourth-order valence-electron chi connectivity index (χ4n) is 0.844. The number of hydrogen-bond acceptors (Lipinski definition) is 6. The maximum atomic E-state index is 8.71. The summed E-state index contributed by atoms with van der Waals surface area (Å²) < 4.78 is 4.07. The molecule has 0 unspecified atom stereocenters. The molecule has 2 aliphatic rings. The number of aliphatic hydroxyl groups excluding tert-OH is 1. The lowest BCUT2D eigenvalue weighted by atomic mass is 10.9. The Hall–Kier alpha value is 0.930. The normalized spacial score (nSPS) is 20.8. The van der Waals surface area contributed by atoms with Crippen molar-refractivity contribution in [2.75, 3.05) is 12.4 Å². The molecule has 0 fully saturated rings. The SMILES string of the molecule is OCCSC1=CSC(=C2SC=CS2)S1. The van der Waals surface area contributed by atoms with E-state index in [1.54, 1.807) is 47.0 Å². The highest BCUT2D eigenvalue weighted by molar-refractivity contribution is 8.37. The number of aliphatic hydroxyl groups is 1. The summed E-state index contributed by atoms with van der Waals surface area (Å²) in [5, 5.41) is 15.1. The third-order valence-electron chi connectivity index (χ3n) is 1.36. The van der Waals surface area contributed by atoms with Gasteiger partial charge < -0.3 is 5.11 Å². The first-order valence-corrected chi connectivity index (χ1v) is 8.35. The number of hydrogen-bond donors (Lipinski definition) is 1. The van der Waals surface area contributed by atoms with Crippen molar-refractivity contribution >= 4 is 58.8 Å². The van der Waals surface area contributed by atoms with E-state index >= 15 is 0 Å². The molecule has 0 saturated carbocycles. The summed E-state index contributed by atoms with van der Waals surface area (Å²) in [4.78, 5) is 0. The van der Waals surface area contributed by atoms with E-state index in [1.807, 2.05) is 11.8 Å². The lowest BCUT2D eigenvalue weighted by molar-refractivity contribution is 0.322. The first-order valence-electron chi connectivity index (χ1n) is 3.91. The lowest BCUT2D eigenvalue weighted by Gasteiger charge is -2.01. The molecule has 0 aromatic rings. The van der Waals surface area contributed by atoms with Crippen LogP contribution in [0.4, 0.5) is 0 Å². The summed E-state index contributed by atoms with van der Waals surface area (Å²) in [7, 11) is 0. The fourth-order valence-corrected chi connectivity index (χ4v) is 6.51.